The molecule has 9 heteroatoms. The molecule has 104 valence electrons. The highest BCUT2D eigenvalue weighted by atomic mass is 32.1. The van der Waals surface area contributed by atoms with Crippen molar-refractivity contribution in [3.8, 4) is 10.7 Å². The molecule has 21 heavy (non-hydrogen) atoms. The van der Waals surface area contributed by atoms with Gasteiger partial charge in [0.1, 0.15) is 0 Å². The van der Waals surface area contributed by atoms with Gasteiger partial charge in [-0.1, -0.05) is 17.4 Å². The van der Waals surface area contributed by atoms with Crippen LogP contribution in [0.1, 0.15) is 10.6 Å². The fourth-order valence-corrected chi connectivity index (χ4v) is 3.22. The van der Waals surface area contributed by atoms with Gasteiger partial charge in [-0.3, -0.25) is 10.1 Å². The Morgan fingerprint density at radius 3 is 3.00 bits per heavy atom. The van der Waals surface area contributed by atoms with Gasteiger partial charge in [-0.2, -0.15) is 4.52 Å². The Morgan fingerprint density at radius 2 is 2.24 bits per heavy atom. The number of nitrogens with one attached hydrogen (secondary N) is 1. The van der Waals surface area contributed by atoms with Crippen molar-refractivity contribution >= 4 is 38.7 Å². The van der Waals surface area contributed by atoms with E-state index in [1.54, 1.807) is 28.0 Å². The summed E-state index contributed by atoms with van der Waals surface area (Å²) < 4.78 is 6.66. The minimum absolute atomic E-state index is 0.236. The maximum atomic E-state index is 11.9. The van der Waals surface area contributed by atoms with Crippen molar-refractivity contribution < 1.29 is 9.21 Å². The van der Waals surface area contributed by atoms with Crippen molar-refractivity contribution in [1.82, 2.24) is 19.8 Å². The molecule has 0 radical (unpaired) electrons. The molecular formula is C12H7N5O2S2. The van der Waals surface area contributed by atoms with Gasteiger partial charge in [0, 0.05) is 0 Å². The normalized spacial score (nSPS) is 11.0. The summed E-state index contributed by atoms with van der Waals surface area (Å²) >= 11 is 2.81. The van der Waals surface area contributed by atoms with Crippen LogP contribution in [0, 0.1) is 0 Å². The molecule has 7 nitrogen and oxygen atoms in total. The van der Waals surface area contributed by atoms with Crippen LogP contribution >= 0.6 is 22.7 Å². The Morgan fingerprint density at radius 1 is 1.29 bits per heavy atom. The summed E-state index contributed by atoms with van der Waals surface area (Å²) in [5, 5.41) is 17.6. The van der Waals surface area contributed by atoms with Crippen molar-refractivity contribution in [2.75, 3.05) is 5.32 Å². The minimum atomic E-state index is -0.345. The molecule has 0 aromatic carbocycles. The molecule has 0 aliphatic heterocycles. The Kier molecular flexibility index (Phi) is 2.79. The molecule has 4 rings (SSSR count). The average molecular weight is 317 g/mol. The summed E-state index contributed by atoms with van der Waals surface area (Å²) in [4.78, 5) is 13.5. The zero-order chi connectivity index (χ0) is 14.2. The average Bonchev–Trinajstić information content (AvgIpc) is 3.23. The molecule has 0 atom stereocenters. The van der Waals surface area contributed by atoms with Crippen LogP contribution in [-0.4, -0.2) is 25.7 Å². The molecule has 0 aliphatic carbocycles. The second-order valence-corrected chi connectivity index (χ2v) is 5.94. The fourth-order valence-electron chi connectivity index (χ4n) is 1.79. The van der Waals surface area contributed by atoms with Crippen molar-refractivity contribution in [2.45, 2.75) is 0 Å². The van der Waals surface area contributed by atoms with E-state index in [9.17, 15) is 4.79 Å². The van der Waals surface area contributed by atoms with Crippen LogP contribution in [0.3, 0.4) is 0 Å². The van der Waals surface area contributed by atoms with Gasteiger partial charge in [-0.15, -0.1) is 26.6 Å². The van der Waals surface area contributed by atoms with Crippen molar-refractivity contribution in [2.24, 2.45) is 0 Å². The number of aromatic nitrogens is 4. The lowest BCUT2D eigenvalue weighted by molar-refractivity contribution is 0.0996. The van der Waals surface area contributed by atoms with Crippen molar-refractivity contribution in [3.05, 3.63) is 41.7 Å². The molecule has 4 aromatic heterocycles. The number of nitrogens with zero attached hydrogens (tertiary/aromatic N) is 4. The molecule has 0 bridgehead atoms. The largest absolute Gasteiger partial charge is 0.459 e. The highest BCUT2D eigenvalue weighted by Gasteiger charge is 2.16. The zero-order valence-corrected chi connectivity index (χ0v) is 12.0. The Bertz CT molecular complexity index is 892. The number of carbonyl (C=O) groups is 1. The lowest BCUT2D eigenvalue weighted by Gasteiger charge is -1.96. The van der Waals surface area contributed by atoms with Gasteiger partial charge in [0.15, 0.2) is 11.6 Å². The summed E-state index contributed by atoms with van der Waals surface area (Å²) in [5.74, 6) is 0.553. The molecule has 0 unspecified atom stereocenters. The van der Waals surface area contributed by atoms with E-state index in [4.69, 9.17) is 4.42 Å². The highest BCUT2D eigenvalue weighted by molar-refractivity contribution is 7.20. The molecule has 0 saturated heterocycles. The molecule has 4 aromatic rings. The van der Waals surface area contributed by atoms with Crippen molar-refractivity contribution in [3.63, 3.8) is 0 Å². The van der Waals surface area contributed by atoms with E-state index in [1.807, 2.05) is 17.5 Å². The minimum Gasteiger partial charge on any atom is -0.459 e. The third-order valence-electron chi connectivity index (χ3n) is 2.70. The van der Waals surface area contributed by atoms with E-state index in [2.05, 4.69) is 20.6 Å². The Balaban J connectivity index is 1.67. The molecular weight excluding hydrogens is 310 g/mol. The van der Waals surface area contributed by atoms with Gasteiger partial charge < -0.3 is 4.42 Å². The maximum absolute atomic E-state index is 11.9. The molecule has 0 aliphatic rings. The number of hydrogen-bond donors (Lipinski definition) is 1. The topological polar surface area (TPSA) is 85.3 Å². The summed E-state index contributed by atoms with van der Waals surface area (Å²) in [7, 11) is 0. The molecule has 1 amide bonds. The second-order valence-electron chi connectivity index (χ2n) is 4.03. The van der Waals surface area contributed by atoms with Crippen LogP contribution in [0.25, 0.3) is 15.7 Å². The first-order valence-corrected chi connectivity index (χ1v) is 7.62. The van der Waals surface area contributed by atoms with E-state index < -0.39 is 0 Å². The van der Waals surface area contributed by atoms with Gasteiger partial charge >= 0.3 is 0 Å². The molecule has 0 fully saturated rings. The van der Waals surface area contributed by atoms with Crippen LogP contribution in [0.4, 0.5) is 5.13 Å². The number of anilines is 1. The quantitative estimate of drug-likeness (QED) is 0.628. The predicted octanol–water partition coefficient (Wildman–Crippen LogP) is 2.76. The number of fused-ring (bicyclic) bond motifs is 1. The highest BCUT2D eigenvalue weighted by Crippen LogP contribution is 2.27. The Hall–Kier alpha value is -2.52. The number of amides is 1. The molecule has 4 heterocycles. The van der Waals surface area contributed by atoms with Gasteiger partial charge in [0.2, 0.25) is 10.1 Å². The first-order valence-electron chi connectivity index (χ1n) is 5.92. The van der Waals surface area contributed by atoms with Gasteiger partial charge in [0.25, 0.3) is 5.91 Å². The lowest BCUT2D eigenvalue weighted by atomic mass is 10.4. The van der Waals surface area contributed by atoms with E-state index in [0.717, 1.165) is 4.88 Å². The van der Waals surface area contributed by atoms with Crippen LogP contribution in [0.15, 0.2) is 40.3 Å². The first-order chi connectivity index (χ1) is 10.3. The van der Waals surface area contributed by atoms with Gasteiger partial charge in [0.05, 0.1) is 11.1 Å². The zero-order valence-electron chi connectivity index (χ0n) is 10.4. The van der Waals surface area contributed by atoms with Crippen molar-refractivity contribution in [1.29, 1.82) is 0 Å². The molecule has 0 spiro atoms. The SMILES string of the molecule is O=C(Nc1nn2c(-c3cccs3)nnc2s1)c1ccco1. The smallest absolute Gasteiger partial charge is 0.293 e. The monoisotopic (exact) mass is 317 g/mol. The maximum Gasteiger partial charge on any atom is 0.293 e. The second kappa shape index (κ2) is 4.79. The summed E-state index contributed by atoms with van der Waals surface area (Å²) in [6.45, 7) is 0. The number of thiophene rings is 1. The number of hydrogen-bond acceptors (Lipinski definition) is 7. The van der Waals surface area contributed by atoms with Crippen LogP contribution < -0.4 is 5.32 Å². The third kappa shape index (κ3) is 2.12. The van der Waals surface area contributed by atoms with Crippen LogP contribution in [-0.2, 0) is 0 Å². The van der Waals surface area contributed by atoms with Gasteiger partial charge in [-0.25, -0.2) is 0 Å². The summed E-state index contributed by atoms with van der Waals surface area (Å²) in [6, 6.07) is 7.13. The predicted molar refractivity (Wildman–Crippen MR) is 78.6 cm³/mol. The van der Waals surface area contributed by atoms with Crippen LogP contribution in [0.2, 0.25) is 0 Å². The first kappa shape index (κ1) is 12.2. The summed E-state index contributed by atoms with van der Waals surface area (Å²) in [5.41, 5.74) is 0. The van der Waals surface area contributed by atoms with E-state index in [-0.39, 0.29) is 11.7 Å². The summed E-state index contributed by atoms with van der Waals surface area (Å²) in [6.07, 6.45) is 1.45. The Labute approximate surface area is 125 Å². The van der Waals surface area contributed by atoms with E-state index in [1.165, 1.54) is 17.6 Å². The fraction of sp³-hybridized carbons (Fsp3) is 0. The lowest BCUT2D eigenvalue weighted by Crippen LogP contribution is -2.10. The number of rotatable bonds is 3. The van der Waals surface area contributed by atoms with Crippen LogP contribution in [0.5, 0.6) is 0 Å². The number of furan rings is 1. The molecule has 0 saturated carbocycles. The number of carbonyl (C=O) groups excluding carboxylic acids is 1. The third-order valence-corrected chi connectivity index (χ3v) is 4.38. The van der Waals surface area contributed by atoms with E-state index in [0.29, 0.717) is 15.9 Å². The van der Waals surface area contributed by atoms with Gasteiger partial charge in [-0.05, 0) is 23.6 Å². The standard InChI is InChI=1S/C12H7N5O2S2/c18-10(7-3-1-5-19-7)13-11-16-17-9(8-4-2-6-20-8)14-15-12(17)21-11/h1-6H,(H,13,16,18). The van der Waals surface area contributed by atoms with E-state index >= 15 is 0 Å². The molecule has 1 N–H and O–H groups in total.